The van der Waals surface area contributed by atoms with Crippen LogP contribution in [0.1, 0.15) is 46.4 Å². The van der Waals surface area contributed by atoms with Crippen LogP contribution >= 0.6 is 24.0 Å². The normalized spacial score (nSPS) is 19.1. The molecule has 51 heavy (non-hydrogen) atoms. The quantitative estimate of drug-likeness (QED) is 0.236. The Balaban J connectivity index is 0.00000448. The number of phenolic OH excluding ortho intramolecular Hbond substituents is 1. The number of carbonyl (C=O) groups excluding carboxylic acids is 2. The zero-order valence-electron chi connectivity index (χ0n) is 28.3. The van der Waals surface area contributed by atoms with Crippen LogP contribution in [0.2, 0.25) is 5.02 Å². The minimum absolute atomic E-state index is 0. The molecule has 1 aromatic heterocycles. The van der Waals surface area contributed by atoms with E-state index in [-0.39, 0.29) is 54.3 Å². The van der Waals surface area contributed by atoms with E-state index >= 15 is 0 Å². The lowest BCUT2D eigenvalue weighted by Gasteiger charge is -2.41. The van der Waals surface area contributed by atoms with Crippen molar-refractivity contribution in [2.24, 2.45) is 0 Å². The maximum absolute atomic E-state index is 14.8. The van der Waals surface area contributed by atoms with E-state index in [2.05, 4.69) is 33.1 Å². The molecule has 13 heteroatoms. The Morgan fingerprint density at radius 1 is 1.00 bits per heavy atom. The molecule has 0 aliphatic carbocycles. The van der Waals surface area contributed by atoms with Crippen molar-refractivity contribution >= 4 is 47.3 Å². The fourth-order valence-corrected chi connectivity index (χ4v) is 7.41. The Hall–Kier alpha value is -4.55. The summed E-state index contributed by atoms with van der Waals surface area (Å²) in [5.74, 6) is -1.07. The number of halogens is 3. The van der Waals surface area contributed by atoms with Crippen molar-refractivity contribution in [2.45, 2.75) is 38.4 Å². The predicted octanol–water partition coefficient (Wildman–Crippen LogP) is 6.31. The lowest BCUT2D eigenvalue weighted by atomic mass is 9.91. The highest BCUT2D eigenvalue weighted by Gasteiger charge is 2.39. The summed E-state index contributed by atoms with van der Waals surface area (Å²) >= 11 is 6.61. The van der Waals surface area contributed by atoms with Gasteiger partial charge in [-0.15, -0.1) is 12.4 Å². The van der Waals surface area contributed by atoms with Crippen LogP contribution in [-0.2, 0) is 22.5 Å². The molecule has 7 rings (SSSR count). The van der Waals surface area contributed by atoms with Crippen molar-refractivity contribution in [1.29, 1.82) is 0 Å². The third kappa shape index (κ3) is 7.43. The first-order valence-corrected chi connectivity index (χ1v) is 17.1. The van der Waals surface area contributed by atoms with E-state index in [4.69, 9.17) is 16.3 Å². The summed E-state index contributed by atoms with van der Waals surface area (Å²) in [6.45, 7) is 6.11. The highest BCUT2D eigenvalue weighted by molar-refractivity contribution is 6.30. The Morgan fingerprint density at radius 2 is 1.73 bits per heavy atom. The molecule has 4 heterocycles. The molecule has 0 saturated carbocycles. The number of morpholine rings is 1. The number of aromatic nitrogens is 2. The first-order valence-electron chi connectivity index (χ1n) is 16.7. The van der Waals surface area contributed by atoms with Gasteiger partial charge in [-0.3, -0.25) is 19.4 Å². The van der Waals surface area contributed by atoms with Gasteiger partial charge in [0, 0.05) is 67.5 Å². The van der Waals surface area contributed by atoms with Crippen molar-refractivity contribution in [1.82, 2.24) is 24.7 Å². The molecular weight excluding hydrogens is 694 g/mol. The third-order valence-corrected chi connectivity index (χ3v) is 10.3. The minimum Gasteiger partial charge on any atom is -0.508 e. The average molecular weight is 734 g/mol. The molecule has 2 amide bonds. The highest BCUT2D eigenvalue weighted by Crippen LogP contribution is 2.42. The summed E-state index contributed by atoms with van der Waals surface area (Å²) in [7, 11) is 1.90. The summed E-state index contributed by atoms with van der Waals surface area (Å²) in [5, 5.41) is 10.4. The summed E-state index contributed by atoms with van der Waals surface area (Å²) in [4.78, 5) is 44.8. The zero-order chi connectivity index (χ0) is 34.9. The van der Waals surface area contributed by atoms with E-state index in [9.17, 15) is 19.1 Å². The Bertz CT molecular complexity index is 1890. The van der Waals surface area contributed by atoms with Gasteiger partial charge in [-0.1, -0.05) is 35.9 Å². The second kappa shape index (κ2) is 15.4. The number of allylic oxidation sites excluding steroid dienone is 1. The molecule has 2 atom stereocenters. The second-order valence-electron chi connectivity index (χ2n) is 13.0. The van der Waals surface area contributed by atoms with E-state index in [1.807, 2.05) is 35.9 Å². The molecule has 0 bridgehead atoms. The fourth-order valence-electron chi connectivity index (χ4n) is 7.23. The average Bonchev–Trinajstić information content (AvgIpc) is 3.43. The van der Waals surface area contributed by atoms with Crippen molar-refractivity contribution < 1.29 is 23.8 Å². The molecule has 0 spiro atoms. The van der Waals surface area contributed by atoms with Crippen molar-refractivity contribution in [3.05, 3.63) is 124 Å². The number of rotatable bonds is 7. The van der Waals surface area contributed by atoms with Crippen LogP contribution in [0.5, 0.6) is 5.75 Å². The van der Waals surface area contributed by atoms with Crippen LogP contribution in [0.15, 0.2) is 90.4 Å². The molecule has 266 valence electrons. The summed E-state index contributed by atoms with van der Waals surface area (Å²) in [6.07, 6.45) is 3.19. The summed E-state index contributed by atoms with van der Waals surface area (Å²) in [6, 6.07) is 19.4. The van der Waals surface area contributed by atoms with Crippen LogP contribution in [-0.4, -0.2) is 87.5 Å². The molecule has 1 unspecified atom stereocenters. The van der Waals surface area contributed by atoms with E-state index in [1.54, 1.807) is 24.3 Å². The summed E-state index contributed by atoms with van der Waals surface area (Å²) < 4.78 is 19.4. The number of aromatic hydroxyl groups is 1. The highest BCUT2D eigenvalue weighted by atomic mass is 35.5. The van der Waals surface area contributed by atoms with E-state index < -0.39 is 5.95 Å². The number of anilines is 2. The standard InChI is InChI=1S/C38H38ClFN6O4.ClH/c1-24-32(38(49)46(28-8-10-30(47)11-9-28)36-21-41-35(40)20-42-36)19-34(43(24)2)33-18-27(39)7-12-31(33)37(48)45-22-26-6-4-3-5-25(26)17-29(45)23-44-13-15-50-16-14-44;/h3-12,18,20-21,29,34,47H,13-17,19,22-23H2,1-2H3;1H/t29-,34?;/m0./s1. The molecule has 10 nitrogen and oxygen atoms in total. The van der Waals surface area contributed by atoms with Crippen molar-refractivity contribution in [2.75, 3.05) is 44.8 Å². The lowest BCUT2D eigenvalue weighted by molar-refractivity contribution is -0.114. The van der Waals surface area contributed by atoms with Crippen molar-refractivity contribution in [3.8, 4) is 5.75 Å². The summed E-state index contributed by atoms with van der Waals surface area (Å²) in [5.41, 5.74) is 5.30. The fraction of sp³-hybridized carbons (Fsp3) is 0.316. The van der Waals surface area contributed by atoms with Gasteiger partial charge in [-0.05, 0) is 72.5 Å². The molecule has 1 saturated heterocycles. The smallest absolute Gasteiger partial charge is 0.261 e. The largest absolute Gasteiger partial charge is 0.508 e. The first-order chi connectivity index (χ1) is 24.2. The van der Waals surface area contributed by atoms with Gasteiger partial charge in [0.15, 0.2) is 5.82 Å². The minimum atomic E-state index is -0.773. The van der Waals surface area contributed by atoms with E-state index in [1.165, 1.54) is 28.8 Å². The van der Waals surface area contributed by atoms with Gasteiger partial charge in [0.1, 0.15) is 5.75 Å². The zero-order valence-corrected chi connectivity index (χ0v) is 29.9. The van der Waals surface area contributed by atoms with Crippen LogP contribution in [0, 0.1) is 5.95 Å². The number of benzene rings is 3. The van der Waals surface area contributed by atoms with Gasteiger partial charge in [-0.2, -0.15) is 4.39 Å². The van der Waals surface area contributed by atoms with Crippen LogP contribution in [0.25, 0.3) is 0 Å². The van der Waals surface area contributed by atoms with E-state index in [0.717, 1.165) is 43.4 Å². The van der Waals surface area contributed by atoms with Gasteiger partial charge in [0.25, 0.3) is 11.8 Å². The van der Waals surface area contributed by atoms with Crippen LogP contribution < -0.4 is 4.90 Å². The molecule has 3 aliphatic rings. The number of carbonyl (C=O) groups is 2. The molecule has 0 radical (unpaired) electrons. The number of nitrogens with zero attached hydrogens (tertiary/aromatic N) is 6. The van der Waals surface area contributed by atoms with Crippen LogP contribution in [0.4, 0.5) is 15.9 Å². The number of ether oxygens (including phenoxy) is 1. The van der Waals surface area contributed by atoms with Gasteiger partial charge in [0.2, 0.25) is 5.95 Å². The predicted molar refractivity (Wildman–Crippen MR) is 195 cm³/mol. The maximum Gasteiger partial charge on any atom is 0.261 e. The number of phenols is 1. The molecular formula is C38H39Cl2FN6O4. The SMILES string of the molecule is CC1=C(C(=O)N(c2ccc(O)cc2)c2cnc(F)cn2)CC(c2cc(Cl)ccc2C(=O)N2Cc3ccccc3C[C@H]2CN2CCOCC2)N1C.Cl. The molecule has 3 aromatic carbocycles. The number of amides is 2. The van der Waals surface area contributed by atoms with Gasteiger partial charge in [-0.25, -0.2) is 9.97 Å². The Kier molecular flexibility index (Phi) is 10.9. The molecule has 3 aliphatic heterocycles. The Morgan fingerprint density at radius 3 is 2.43 bits per heavy atom. The maximum atomic E-state index is 14.8. The molecule has 1 fully saturated rings. The topological polar surface area (TPSA) is 102 Å². The number of hydrogen-bond acceptors (Lipinski definition) is 8. The van der Waals surface area contributed by atoms with Gasteiger partial charge in [0.05, 0.1) is 37.3 Å². The second-order valence-corrected chi connectivity index (χ2v) is 13.4. The Labute approximate surface area is 307 Å². The first kappa shape index (κ1) is 36.2. The number of fused-ring (bicyclic) bond motifs is 1. The van der Waals surface area contributed by atoms with Crippen LogP contribution in [0.3, 0.4) is 0 Å². The monoisotopic (exact) mass is 732 g/mol. The van der Waals surface area contributed by atoms with Gasteiger partial charge < -0.3 is 19.6 Å². The third-order valence-electron chi connectivity index (χ3n) is 10.0. The number of hydrogen-bond donors (Lipinski definition) is 1. The van der Waals surface area contributed by atoms with Crippen molar-refractivity contribution in [3.63, 3.8) is 0 Å². The van der Waals surface area contributed by atoms with Gasteiger partial charge >= 0.3 is 0 Å². The van der Waals surface area contributed by atoms with E-state index in [0.29, 0.717) is 47.3 Å². The lowest BCUT2D eigenvalue weighted by Crippen LogP contribution is -2.52. The molecule has 4 aromatic rings. The molecule has 1 N–H and O–H groups in total.